The number of aryl methyl sites for hydroxylation is 2. The second-order valence-electron chi connectivity index (χ2n) is 7.12. The fourth-order valence-electron chi connectivity index (χ4n) is 2.96. The maximum Gasteiger partial charge on any atom is 0.266 e. The first kappa shape index (κ1) is 22.1. The van der Waals surface area contributed by atoms with Crippen LogP contribution in [-0.2, 0) is 11.3 Å². The zero-order valence-electron chi connectivity index (χ0n) is 18.1. The van der Waals surface area contributed by atoms with Gasteiger partial charge < -0.3 is 14.8 Å². The van der Waals surface area contributed by atoms with Gasteiger partial charge in [-0.15, -0.1) is 0 Å². The van der Waals surface area contributed by atoms with Crippen LogP contribution < -0.4 is 20.3 Å². The molecule has 0 spiro atoms. The molecule has 1 amide bonds. The Morgan fingerprint density at radius 1 is 0.968 bits per heavy atom. The van der Waals surface area contributed by atoms with Gasteiger partial charge in [0.15, 0.2) is 6.61 Å². The van der Waals surface area contributed by atoms with E-state index in [4.69, 9.17) is 9.47 Å². The molecule has 0 aliphatic rings. The maximum absolute atomic E-state index is 12.1. The first-order valence-corrected chi connectivity index (χ1v) is 10.2. The summed E-state index contributed by atoms with van der Waals surface area (Å²) in [5.74, 6) is 1.18. The minimum absolute atomic E-state index is 0.0863. The van der Waals surface area contributed by atoms with Crippen molar-refractivity contribution in [2.75, 3.05) is 19.8 Å². The van der Waals surface area contributed by atoms with Gasteiger partial charge in [0.1, 0.15) is 11.5 Å². The van der Waals surface area contributed by atoms with E-state index in [2.05, 4.69) is 10.4 Å². The average Bonchev–Trinajstić information content (AvgIpc) is 2.77. The lowest BCUT2D eigenvalue weighted by atomic mass is 10.1. The number of amides is 1. The largest absolute Gasteiger partial charge is 0.494 e. The van der Waals surface area contributed by atoms with Crippen molar-refractivity contribution in [2.45, 2.75) is 27.3 Å². The quantitative estimate of drug-likeness (QED) is 0.574. The molecule has 162 valence electrons. The van der Waals surface area contributed by atoms with E-state index in [1.807, 2.05) is 63.2 Å². The number of nitrogens with zero attached hydrogens (tertiary/aromatic N) is 2. The summed E-state index contributed by atoms with van der Waals surface area (Å²) in [7, 11) is 0. The molecule has 0 fully saturated rings. The average molecular weight is 421 g/mol. The number of ether oxygens (including phenoxy) is 2. The Labute approximate surface area is 181 Å². The Kier molecular flexibility index (Phi) is 7.43. The Hall–Kier alpha value is -3.61. The smallest absolute Gasteiger partial charge is 0.266 e. The summed E-state index contributed by atoms with van der Waals surface area (Å²) >= 11 is 0. The molecule has 3 aromatic rings. The first-order valence-electron chi connectivity index (χ1n) is 10.2. The summed E-state index contributed by atoms with van der Waals surface area (Å²) < 4.78 is 12.3. The molecule has 1 heterocycles. The summed E-state index contributed by atoms with van der Waals surface area (Å²) in [6, 6.07) is 16.4. The highest BCUT2D eigenvalue weighted by Gasteiger charge is 2.07. The number of benzene rings is 2. The van der Waals surface area contributed by atoms with Crippen LogP contribution in [0.4, 0.5) is 0 Å². The molecule has 0 unspecified atom stereocenters. The highest BCUT2D eigenvalue weighted by Crippen LogP contribution is 2.20. The van der Waals surface area contributed by atoms with E-state index in [0.717, 1.165) is 16.9 Å². The van der Waals surface area contributed by atoms with Gasteiger partial charge in [0.05, 0.1) is 18.8 Å². The highest BCUT2D eigenvalue weighted by molar-refractivity contribution is 5.77. The third-order valence-electron chi connectivity index (χ3n) is 4.82. The van der Waals surface area contributed by atoms with Crippen molar-refractivity contribution >= 4 is 5.91 Å². The normalized spacial score (nSPS) is 10.5. The molecule has 0 saturated carbocycles. The summed E-state index contributed by atoms with van der Waals surface area (Å²) in [6.07, 6.45) is 0. The number of carbonyl (C=O) groups is 1. The van der Waals surface area contributed by atoms with Crippen molar-refractivity contribution in [1.29, 1.82) is 0 Å². The van der Waals surface area contributed by atoms with E-state index in [-0.39, 0.29) is 31.2 Å². The van der Waals surface area contributed by atoms with Gasteiger partial charge >= 0.3 is 0 Å². The fourth-order valence-corrected chi connectivity index (χ4v) is 2.96. The predicted octanol–water partition coefficient (Wildman–Crippen LogP) is 3.12. The topological polar surface area (TPSA) is 82.5 Å². The molecule has 0 aliphatic heterocycles. The van der Waals surface area contributed by atoms with E-state index in [9.17, 15) is 9.59 Å². The van der Waals surface area contributed by atoms with Gasteiger partial charge in [-0.1, -0.05) is 6.07 Å². The molecule has 0 bridgehead atoms. The molecular formula is C24H27N3O4. The van der Waals surface area contributed by atoms with Crippen LogP contribution in [0.3, 0.4) is 0 Å². The van der Waals surface area contributed by atoms with Crippen LogP contribution in [0.2, 0.25) is 0 Å². The van der Waals surface area contributed by atoms with Crippen LogP contribution in [0.5, 0.6) is 11.5 Å². The Morgan fingerprint density at radius 2 is 1.71 bits per heavy atom. The molecule has 0 saturated heterocycles. The second kappa shape index (κ2) is 10.4. The van der Waals surface area contributed by atoms with Crippen LogP contribution in [0, 0.1) is 13.8 Å². The standard InChI is InChI=1S/C24H27N3O4/c1-4-30-20-9-6-19(7-10-20)22-11-12-24(29)27(26-22)14-13-25-23(28)16-31-21-8-5-17(2)18(3)15-21/h5-12,15H,4,13-14,16H2,1-3H3,(H,25,28). The van der Waals surface area contributed by atoms with Crippen LogP contribution in [0.25, 0.3) is 11.3 Å². The molecule has 1 N–H and O–H groups in total. The van der Waals surface area contributed by atoms with E-state index >= 15 is 0 Å². The van der Waals surface area contributed by atoms with Crippen molar-refractivity contribution in [2.24, 2.45) is 0 Å². The fraction of sp³-hybridized carbons (Fsp3) is 0.292. The molecule has 0 aliphatic carbocycles. The number of rotatable bonds is 9. The van der Waals surface area contributed by atoms with Gasteiger partial charge in [-0.2, -0.15) is 5.10 Å². The number of aromatic nitrogens is 2. The van der Waals surface area contributed by atoms with Crippen molar-refractivity contribution < 1.29 is 14.3 Å². The minimum atomic E-state index is -0.256. The molecule has 7 nitrogen and oxygen atoms in total. The van der Waals surface area contributed by atoms with Crippen LogP contribution >= 0.6 is 0 Å². The lowest BCUT2D eigenvalue weighted by Crippen LogP contribution is -2.34. The van der Waals surface area contributed by atoms with Crippen molar-refractivity contribution in [3.63, 3.8) is 0 Å². The van der Waals surface area contributed by atoms with E-state index in [1.54, 1.807) is 6.07 Å². The molecule has 2 aromatic carbocycles. The Morgan fingerprint density at radius 3 is 2.42 bits per heavy atom. The van der Waals surface area contributed by atoms with E-state index in [1.165, 1.54) is 16.3 Å². The number of carbonyl (C=O) groups excluding carboxylic acids is 1. The van der Waals surface area contributed by atoms with Gasteiger partial charge in [0.2, 0.25) is 0 Å². The molecule has 31 heavy (non-hydrogen) atoms. The molecule has 1 aromatic heterocycles. The highest BCUT2D eigenvalue weighted by atomic mass is 16.5. The number of hydrogen-bond acceptors (Lipinski definition) is 5. The second-order valence-corrected chi connectivity index (χ2v) is 7.12. The minimum Gasteiger partial charge on any atom is -0.494 e. The summed E-state index contributed by atoms with van der Waals surface area (Å²) in [6.45, 7) is 7.00. The van der Waals surface area contributed by atoms with E-state index in [0.29, 0.717) is 18.1 Å². The lowest BCUT2D eigenvalue weighted by molar-refractivity contribution is -0.123. The number of nitrogens with one attached hydrogen (secondary N) is 1. The van der Waals surface area contributed by atoms with Crippen molar-refractivity contribution in [3.8, 4) is 22.8 Å². The van der Waals surface area contributed by atoms with Gasteiger partial charge in [-0.05, 0) is 74.4 Å². The Balaban J connectivity index is 1.53. The molecule has 0 radical (unpaired) electrons. The lowest BCUT2D eigenvalue weighted by Gasteiger charge is -2.10. The van der Waals surface area contributed by atoms with Gasteiger partial charge in [0.25, 0.3) is 11.5 Å². The maximum atomic E-state index is 12.1. The van der Waals surface area contributed by atoms with E-state index < -0.39 is 0 Å². The molecule has 7 heteroatoms. The molecule has 3 rings (SSSR count). The Bertz CT molecular complexity index is 1090. The van der Waals surface area contributed by atoms with Crippen LogP contribution in [0.15, 0.2) is 59.4 Å². The predicted molar refractivity (Wildman–Crippen MR) is 120 cm³/mol. The third kappa shape index (κ3) is 6.18. The third-order valence-corrected chi connectivity index (χ3v) is 4.82. The summed E-state index contributed by atoms with van der Waals surface area (Å²) in [5.41, 5.74) is 3.60. The first-order chi connectivity index (χ1) is 15.0. The van der Waals surface area contributed by atoms with Gasteiger partial charge in [-0.3, -0.25) is 9.59 Å². The zero-order valence-corrected chi connectivity index (χ0v) is 18.1. The molecule has 0 atom stereocenters. The number of hydrogen-bond donors (Lipinski definition) is 1. The van der Waals surface area contributed by atoms with Crippen LogP contribution in [0.1, 0.15) is 18.1 Å². The van der Waals surface area contributed by atoms with Gasteiger partial charge in [0, 0.05) is 18.2 Å². The van der Waals surface area contributed by atoms with Gasteiger partial charge in [-0.25, -0.2) is 4.68 Å². The summed E-state index contributed by atoms with van der Waals surface area (Å²) in [5, 5.41) is 7.16. The summed E-state index contributed by atoms with van der Waals surface area (Å²) in [4.78, 5) is 24.2. The zero-order chi connectivity index (χ0) is 22.2. The van der Waals surface area contributed by atoms with Crippen molar-refractivity contribution in [1.82, 2.24) is 15.1 Å². The molecular weight excluding hydrogens is 394 g/mol. The van der Waals surface area contributed by atoms with Crippen LogP contribution in [-0.4, -0.2) is 35.4 Å². The monoisotopic (exact) mass is 421 g/mol. The van der Waals surface area contributed by atoms with Crippen molar-refractivity contribution in [3.05, 3.63) is 76.1 Å². The SMILES string of the molecule is CCOc1ccc(-c2ccc(=O)n(CCNC(=O)COc3ccc(C)c(C)c3)n2)cc1.